The maximum atomic E-state index is 11.0. The first-order valence-corrected chi connectivity index (χ1v) is 7.69. The molecular weight excluding hydrogens is 399 g/mol. The second kappa shape index (κ2) is 15.8. The molecule has 148 valence electrons. The van der Waals surface area contributed by atoms with Gasteiger partial charge in [0.25, 0.3) is 0 Å². The van der Waals surface area contributed by atoms with Crippen LogP contribution in [0.4, 0.5) is 9.59 Å². The molecule has 0 radical (unpaired) electrons. The largest absolute Gasteiger partial charge is 0.359 e. The van der Waals surface area contributed by atoms with E-state index in [-0.39, 0.29) is 24.8 Å². The minimum absolute atomic E-state index is 0.0103. The van der Waals surface area contributed by atoms with Crippen LogP contribution >= 0.6 is 23.2 Å². The lowest BCUT2D eigenvalue weighted by molar-refractivity contribution is -0.119. The first kappa shape index (κ1) is 25.5. The highest BCUT2D eigenvalue weighted by atomic mass is 35.5. The molecule has 2 N–H and O–H groups in total. The van der Waals surface area contributed by atoms with Crippen LogP contribution in [-0.2, 0) is 9.59 Å². The molecule has 0 aromatic heterocycles. The molecule has 0 aromatic carbocycles. The predicted octanol–water partition coefficient (Wildman–Crippen LogP) is -0.157. The summed E-state index contributed by atoms with van der Waals surface area (Å²) in [5, 5.41) is 7.68. The van der Waals surface area contributed by atoms with Crippen LogP contribution in [0, 0.1) is 9.81 Å². The summed E-state index contributed by atoms with van der Waals surface area (Å²) in [5.74, 6) is 0.175. The standard InChI is InChI=1S/2C5H9ClN4O3/c2*1-9(4-11)7-5(12)10(8-13)3-2-6/h2*4H,2-3H2,1H3,(H,7,12). The predicted molar refractivity (Wildman–Crippen MR) is 91.2 cm³/mol. The molecule has 0 unspecified atom stereocenters. The molecule has 0 aromatic rings. The van der Waals surface area contributed by atoms with Gasteiger partial charge in [0, 0.05) is 25.9 Å². The van der Waals surface area contributed by atoms with Gasteiger partial charge in [0.1, 0.15) is 0 Å². The third kappa shape index (κ3) is 11.7. The number of halogens is 2. The summed E-state index contributed by atoms with van der Waals surface area (Å²) in [6.07, 6.45) is 0.753. The number of urea groups is 2. The number of carbonyl (C=O) groups excluding carboxylic acids is 4. The van der Waals surface area contributed by atoms with Crippen molar-refractivity contribution in [3.05, 3.63) is 9.81 Å². The summed E-state index contributed by atoms with van der Waals surface area (Å²) >= 11 is 10.6. The monoisotopic (exact) mass is 416 g/mol. The number of nitrogens with one attached hydrogen (secondary N) is 2. The highest BCUT2D eigenvalue weighted by molar-refractivity contribution is 6.18. The van der Waals surface area contributed by atoms with Crippen LogP contribution in [0.1, 0.15) is 0 Å². The van der Waals surface area contributed by atoms with Crippen LogP contribution < -0.4 is 10.9 Å². The average molecular weight is 417 g/mol. The number of hydrogen-bond acceptors (Lipinski definition) is 8. The van der Waals surface area contributed by atoms with Crippen molar-refractivity contribution in [3.63, 3.8) is 0 Å². The fraction of sp³-hybridized carbons (Fsp3) is 0.600. The van der Waals surface area contributed by atoms with Crippen molar-refractivity contribution in [1.29, 1.82) is 0 Å². The van der Waals surface area contributed by atoms with Gasteiger partial charge in [-0.2, -0.15) is 10.0 Å². The number of alkyl halides is 2. The van der Waals surface area contributed by atoms with Crippen molar-refractivity contribution in [2.45, 2.75) is 0 Å². The van der Waals surface area contributed by atoms with Crippen molar-refractivity contribution >= 4 is 48.1 Å². The van der Waals surface area contributed by atoms with Crippen molar-refractivity contribution in [2.24, 2.45) is 10.6 Å². The summed E-state index contributed by atoms with van der Waals surface area (Å²) in [6, 6.07) is -1.60. The molecular formula is C10H18Cl2N8O6. The SMILES string of the molecule is CN(C=O)NC(=O)N(CCCl)N=O.CN(C=O)NC(=O)N(CCCl)N=O. The van der Waals surface area contributed by atoms with Gasteiger partial charge in [0.2, 0.25) is 12.8 Å². The number of amides is 6. The van der Waals surface area contributed by atoms with Crippen LogP contribution in [0.25, 0.3) is 0 Å². The fourth-order valence-corrected chi connectivity index (χ4v) is 1.31. The van der Waals surface area contributed by atoms with Crippen LogP contribution in [0.5, 0.6) is 0 Å². The van der Waals surface area contributed by atoms with Crippen LogP contribution in [0.2, 0.25) is 0 Å². The van der Waals surface area contributed by atoms with Gasteiger partial charge >= 0.3 is 12.1 Å². The molecule has 0 saturated carbocycles. The van der Waals surface area contributed by atoms with E-state index in [1.165, 1.54) is 14.1 Å². The van der Waals surface area contributed by atoms with E-state index in [0.29, 0.717) is 22.8 Å². The maximum absolute atomic E-state index is 11.0. The maximum Gasteiger partial charge on any atom is 0.359 e. The Hall–Kier alpha value is -2.74. The molecule has 0 saturated heterocycles. The first-order chi connectivity index (χ1) is 12.3. The highest BCUT2D eigenvalue weighted by Gasteiger charge is 2.14. The summed E-state index contributed by atoms with van der Waals surface area (Å²) in [4.78, 5) is 62.2. The van der Waals surface area contributed by atoms with E-state index < -0.39 is 12.1 Å². The van der Waals surface area contributed by atoms with E-state index >= 15 is 0 Å². The number of hydrogen-bond donors (Lipinski definition) is 2. The molecule has 0 atom stereocenters. The zero-order valence-corrected chi connectivity index (χ0v) is 15.4. The van der Waals surface area contributed by atoms with Gasteiger partial charge in [0.15, 0.2) is 0 Å². The average Bonchev–Trinajstić information content (AvgIpc) is 2.63. The Morgan fingerprint density at radius 2 is 1.15 bits per heavy atom. The normalized spacial score (nSPS) is 8.77. The molecule has 0 fully saturated rings. The molecule has 14 nitrogen and oxygen atoms in total. The third-order valence-electron chi connectivity index (χ3n) is 2.12. The Balaban J connectivity index is 0. The lowest BCUT2D eigenvalue weighted by Gasteiger charge is -2.16. The van der Waals surface area contributed by atoms with E-state index in [0.717, 1.165) is 10.0 Å². The van der Waals surface area contributed by atoms with Gasteiger partial charge in [-0.05, 0) is 0 Å². The highest BCUT2D eigenvalue weighted by Crippen LogP contribution is 1.92. The fourth-order valence-electron chi connectivity index (χ4n) is 0.989. The Labute approximate surface area is 158 Å². The number of carbonyl (C=O) groups is 4. The van der Waals surface area contributed by atoms with E-state index in [9.17, 15) is 29.0 Å². The van der Waals surface area contributed by atoms with Crippen LogP contribution in [0.15, 0.2) is 10.6 Å². The number of nitrogens with zero attached hydrogens (tertiary/aromatic N) is 6. The van der Waals surface area contributed by atoms with Crippen LogP contribution in [-0.4, -0.2) is 83.9 Å². The Bertz CT molecular complexity index is 442. The molecule has 0 spiro atoms. The third-order valence-corrected chi connectivity index (χ3v) is 2.46. The van der Waals surface area contributed by atoms with Crippen LogP contribution in [0.3, 0.4) is 0 Å². The summed E-state index contributed by atoms with van der Waals surface area (Å²) in [6.45, 7) is -0.0207. The lowest BCUT2D eigenvalue weighted by atomic mass is 10.7. The lowest BCUT2D eigenvalue weighted by Crippen LogP contribution is -2.45. The molecule has 0 aliphatic carbocycles. The van der Waals surface area contributed by atoms with Gasteiger partial charge < -0.3 is 0 Å². The molecule has 16 heteroatoms. The second-order valence-corrected chi connectivity index (χ2v) is 4.81. The second-order valence-electron chi connectivity index (χ2n) is 4.05. The zero-order valence-electron chi connectivity index (χ0n) is 13.9. The van der Waals surface area contributed by atoms with E-state index in [1.54, 1.807) is 0 Å². The van der Waals surface area contributed by atoms with Gasteiger partial charge in [-0.25, -0.2) is 20.4 Å². The molecule has 0 bridgehead atoms. The van der Waals surface area contributed by atoms with E-state index in [2.05, 4.69) is 21.4 Å². The van der Waals surface area contributed by atoms with Crippen molar-refractivity contribution in [3.8, 4) is 0 Å². The molecule has 0 aliphatic heterocycles. The minimum Gasteiger partial charge on any atom is -0.277 e. The van der Waals surface area contributed by atoms with Gasteiger partial charge in [0.05, 0.1) is 23.7 Å². The minimum atomic E-state index is -0.801. The van der Waals surface area contributed by atoms with Gasteiger partial charge in [-0.1, -0.05) is 0 Å². The molecule has 6 amide bonds. The van der Waals surface area contributed by atoms with Gasteiger partial charge in [-0.3, -0.25) is 19.6 Å². The number of rotatable bonds is 10. The quantitative estimate of drug-likeness (QED) is 0.217. The first-order valence-electron chi connectivity index (χ1n) is 6.62. The van der Waals surface area contributed by atoms with Crippen molar-refractivity contribution in [2.75, 3.05) is 38.9 Å². The Morgan fingerprint density at radius 1 is 0.846 bits per heavy atom. The smallest absolute Gasteiger partial charge is 0.277 e. The van der Waals surface area contributed by atoms with Crippen molar-refractivity contribution < 1.29 is 19.2 Å². The number of nitroso groups, excluding NO2 is 2. The summed E-state index contributed by atoms with van der Waals surface area (Å²) in [5.41, 5.74) is 4.13. The van der Waals surface area contributed by atoms with E-state index in [1.807, 2.05) is 0 Å². The zero-order chi connectivity index (χ0) is 20.5. The Morgan fingerprint density at radius 3 is 1.35 bits per heavy atom. The molecule has 0 heterocycles. The molecule has 0 rings (SSSR count). The summed E-state index contributed by atoms with van der Waals surface area (Å²) in [7, 11) is 2.63. The summed E-state index contributed by atoms with van der Waals surface area (Å²) < 4.78 is 0. The Kier molecular flexibility index (Phi) is 15.5. The molecule has 26 heavy (non-hydrogen) atoms. The van der Waals surface area contributed by atoms with E-state index in [4.69, 9.17) is 23.2 Å². The topological polar surface area (TPSA) is 164 Å². The van der Waals surface area contributed by atoms with Crippen molar-refractivity contribution in [1.82, 2.24) is 30.9 Å². The number of hydrazine groups is 2. The van der Waals surface area contributed by atoms with Gasteiger partial charge in [-0.15, -0.1) is 33.0 Å². The molecule has 0 aliphatic rings.